The van der Waals surface area contributed by atoms with E-state index in [9.17, 15) is 4.79 Å². The van der Waals surface area contributed by atoms with E-state index in [1.807, 2.05) is 43.3 Å². The van der Waals surface area contributed by atoms with Gasteiger partial charge in [-0.3, -0.25) is 4.79 Å². The first kappa shape index (κ1) is 17.5. The van der Waals surface area contributed by atoms with Crippen molar-refractivity contribution >= 4 is 23.2 Å². The number of nitrogens with zero attached hydrogens (tertiary/aromatic N) is 2. The minimum absolute atomic E-state index is 0.0551. The number of aliphatic hydroxyl groups excluding tert-OH is 1. The van der Waals surface area contributed by atoms with Crippen molar-refractivity contribution in [1.82, 2.24) is 5.01 Å². The van der Waals surface area contributed by atoms with E-state index in [4.69, 9.17) is 21.4 Å². The van der Waals surface area contributed by atoms with Crippen LogP contribution in [0.1, 0.15) is 18.9 Å². The summed E-state index contributed by atoms with van der Waals surface area (Å²) in [4.78, 5) is 12.1. The highest BCUT2D eigenvalue weighted by molar-refractivity contribution is 6.30. The number of carbonyl (C=O) groups excluding carboxylic acids is 1. The number of hydrazone groups is 1. The average Bonchev–Trinajstić information content (AvgIpc) is 2.61. The maximum Gasteiger partial charge on any atom is 0.245 e. The average molecular weight is 359 g/mol. The summed E-state index contributed by atoms with van der Waals surface area (Å²) in [5.74, 6) is 1.21. The van der Waals surface area contributed by atoms with Crippen LogP contribution in [0.4, 0.5) is 0 Å². The summed E-state index contributed by atoms with van der Waals surface area (Å²) < 4.78 is 5.78. The van der Waals surface area contributed by atoms with Gasteiger partial charge in [-0.1, -0.05) is 18.5 Å². The summed E-state index contributed by atoms with van der Waals surface area (Å²) in [5.41, 5.74) is 1.77. The van der Waals surface area contributed by atoms with Gasteiger partial charge in [0.1, 0.15) is 11.5 Å². The highest BCUT2D eigenvalue weighted by Crippen LogP contribution is 2.25. The Balaban J connectivity index is 1.76. The van der Waals surface area contributed by atoms with E-state index in [-0.39, 0.29) is 25.0 Å². The molecule has 0 saturated carbocycles. The van der Waals surface area contributed by atoms with Crippen molar-refractivity contribution in [2.75, 3.05) is 13.2 Å². The van der Waals surface area contributed by atoms with Crippen molar-refractivity contribution in [3.63, 3.8) is 0 Å². The first-order chi connectivity index (χ1) is 12.1. The Hall–Kier alpha value is -2.37. The lowest BCUT2D eigenvalue weighted by molar-refractivity contribution is -0.136. The Labute approximate surface area is 151 Å². The molecule has 0 bridgehead atoms. The van der Waals surface area contributed by atoms with Crippen LogP contribution in [0.2, 0.25) is 5.02 Å². The third kappa shape index (κ3) is 4.18. The largest absolute Gasteiger partial charge is 0.457 e. The van der Waals surface area contributed by atoms with E-state index in [0.717, 1.165) is 11.3 Å². The Bertz CT molecular complexity index is 772. The van der Waals surface area contributed by atoms with Gasteiger partial charge in [0.05, 0.1) is 18.9 Å². The second-order valence-corrected chi connectivity index (χ2v) is 6.35. The molecule has 1 N–H and O–H groups in total. The lowest BCUT2D eigenvalue weighted by Crippen LogP contribution is -2.39. The molecule has 0 spiro atoms. The highest BCUT2D eigenvalue weighted by Gasteiger charge is 2.27. The van der Waals surface area contributed by atoms with Crippen molar-refractivity contribution in [1.29, 1.82) is 0 Å². The van der Waals surface area contributed by atoms with Crippen molar-refractivity contribution in [2.24, 2.45) is 11.0 Å². The number of rotatable bonds is 5. The molecule has 0 radical (unpaired) electrons. The maximum absolute atomic E-state index is 12.1. The third-order valence-corrected chi connectivity index (χ3v) is 4.22. The fourth-order valence-corrected chi connectivity index (χ4v) is 2.78. The molecule has 0 saturated heterocycles. The first-order valence-corrected chi connectivity index (χ1v) is 8.48. The highest BCUT2D eigenvalue weighted by atomic mass is 35.5. The van der Waals surface area contributed by atoms with Crippen molar-refractivity contribution < 1.29 is 14.6 Å². The lowest BCUT2D eigenvalue weighted by atomic mass is 9.96. The number of amides is 1. The number of hydrogen-bond donors (Lipinski definition) is 1. The summed E-state index contributed by atoms with van der Waals surface area (Å²) >= 11 is 5.87. The third-order valence-electron chi connectivity index (χ3n) is 3.97. The van der Waals surface area contributed by atoms with Crippen molar-refractivity contribution in [3.8, 4) is 11.5 Å². The molecule has 2 aromatic rings. The minimum Gasteiger partial charge on any atom is -0.457 e. The van der Waals surface area contributed by atoms with Gasteiger partial charge in [-0.15, -0.1) is 0 Å². The number of β-amino-alcohol motifs (C(OH)–C–C–N with tert-alkyl or cyclic N) is 1. The zero-order valence-electron chi connectivity index (χ0n) is 13.9. The molecular weight excluding hydrogens is 340 g/mol. The van der Waals surface area contributed by atoms with Gasteiger partial charge in [0.15, 0.2) is 0 Å². The number of halogens is 1. The Kier molecular flexibility index (Phi) is 5.36. The van der Waals surface area contributed by atoms with Crippen LogP contribution in [0.15, 0.2) is 53.6 Å². The number of ether oxygens (including phenoxy) is 1. The molecule has 1 unspecified atom stereocenters. The summed E-state index contributed by atoms with van der Waals surface area (Å²) in [7, 11) is 0. The molecule has 1 aliphatic rings. The van der Waals surface area contributed by atoms with Gasteiger partial charge in [0.25, 0.3) is 0 Å². The number of hydrogen-bond acceptors (Lipinski definition) is 4. The van der Waals surface area contributed by atoms with Gasteiger partial charge in [-0.2, -0.15) is 5.10 Å². The second kappa shape index (κ2) is 7.68. The van der Waals surface area contributed by atoms with Gasteiger partial charge in [0, 0.05) is 17.4 Å². The molecule has 0 aromatic heterocycles. The molecule has 130 valence electrons. The van der Waals surface area contributed by atoms with E-state index in [2.05, 4.69) is 5.10 Å². The van der Waals surface area contributed by atoms with Gasteiger partial charge in [-0.25, -0.2) is 5.01 Å². The summed E-state index contributed by atoms with van der Waals surface area (Å²) in [6.07, 6.45) is 0.581. The van der Waals surface area contributed by atoms with E-state index in [1.54, 1.807) is 12.1 Å². The number of benzene rings is 2. The summed E-state index contributed by atoms with van der Waals surface area (Å²) in [5, 5.41) is 15.5. The molecule has 5 nitrogen and oxygen atoms in total. The van der Waals surface area contributed by atoms with E-state index in [0.29, 0.717) is 22.9 Å². The van der Waals surface area contributed by atoms with Crippen LogP contribution in [0.5, 0.6) is 11.5 Å². The normalized spacial score (nSPS) is 17.4. The molecular formula is C19H19ClN2O3. The van der Waals surface area contributed by atoms with Crippen molar-refractivity contribution in [3.05, 3.63) is 59.1 Å². The van der Waals surface area contributed by atoms with Crippen LogP contribution in [-0.4, -0.2) is 34.9 Å². The smallest absolute Gasteiger partial charge is 0.245 e. The van der Waals surface area contributed by atoms with Crippen LogP contribution in [0.3, 0.4) is 0 Å². The zero-order valence-corrected chi connectivity index (χ0v) is 14.6. The van der Waals surface area contributed by atoms with Gasteiger partial charge < -0.3 is 9.84 Å². The molecule has 3 rings (SSSR count). The first-order valence-electron chi connectivity index (χ1n) is 8.10. The van der Waals surface area contributed by atoms with Crippen molar-refractivity contribution in [2.45, 2.75) is 13.3 Å². The van der Waals surface area contributed by atoms with Gasteiger partial charge in [-0.05, 0) is 54.1 Å². The van der Waals surface area contributed by atoms with Crippen LogP contribution in [0, 0.1) is 5.92 Å². The molecule has 1 amide bonds. The fraction of sp³-hybridized carbons (Fsp3) is 0.263. The van der Waals surface area contributed by atoms with Crippen LogP contribution in [-0.2, 0) is 4.79 Å². The number of aliphatic hydroxyl groups is 1. The van der Waals surface area contributed by atoms with Gasteiger partial charge in [0.2, 0.25) is 5.91 Å². The number of carbonyl (C=O) groups is 1. The second-order valence-electron chi connectivity index (χ2n) is 5.92. The Morgan fingerprint density at radius 3 is 2.36 bits per heavy atom. The van der Waals surface area contributed by atoms with E-state index < -0.39 is 0 Å². The lowest BCUT2D eigenvalue weighted by Gasteiger charge is -2.27. The molecule has 2 aromatic carbocycles. The minimum atomic E-state index is -0.149. The molecule has 0 aliphatic carbocycles. The molecule has 1 atom stereocenters. The molecule has 1 heterocycles. The molecule has 25 heavy (non-hydrogen) atoms. The maximum atomic E-state index is 12.1. The van der Waals surface area contributed by atoms with Crippen LogP contribution in [0.25, 0.3) is 0 Å². The van der Waals surface area contributed by atoms with E-state index in [1.165, 1.54) is 5.01 Å². The van der Waals surface area contributed by atoms with Crippen LogP contribution >= 0.6 is 11.6 Å². The monoisotopic (exact) mass is 358 g/mol. The van der Waals surface area contributed by atoms with Crippen LogP contribution < -0.4 is 4.74 Å². The SMILES string of the molecule is CC1CC(c2ccc(Oc3ccc(Cl)cc3)cc2)=NN(CCO)C1=O. The molecule has 6 heteroatoms. The summed E-state index contributed by atoms with van der Waals surface area (Å²) in [6.45, 7) is 1.98. The predicted octanol–water partition coefficient (Wildman–Crippen LogP) is 3.70. The standard InChI is InChI=1S/C19H19ClN2O3/c1-13-12-18(21-22(10-11-23)19(13)24)14-2-6-16(7-3-14)25-17-8-4-15(20)5-9-17/h2-9,13,23H,10-12H2,1H3. The quantitative estimate of drug-likeness (QED) is 0.886. The summed E-state index contributed by atoms with van der Waals surface area (Å²) in [6, 6.07) is 14.7. The Morgan fingerprint density at radius 2 is 1.76 bits per heavy atom. The Morgan fingerprint density at radius 1 is 1.16 bits per heavy atom. The van der Waals surface area contributed by atoms with E-state index >= 15 is 0 Å². The predicted molar refractivity (Wildman–Crippen MR) is 97.1 cm³/mol. The zero-order chi connectivity index (χ0) is 17.8. The molecule has 0 fully saturated rings. The topological polar surface area (TPSA) is 62.1 Å². The fourth-order valence-electron chi connectivity index (χ4n) is 2.65. The van der Waals surface area contributed by atoms with Gasteiger partial charge >= 0.3 is 0 Å². The molecule has 1 aliphatic heterocycles.